The fraction of sp³-hybridized carbons (Fsp3) is 0.208. The van der Waals surface area contributed by atoms with Crippen molar-refractivity contribution in [1.82, 2.24) is 0 Å². The molecular formula is C24H26BrO2P. The highest BCUT2D eigenvalue weighted by molar-refractivity contribution is 8.93. The monoisotopic (exact) mass is 456 g/mol. The number of carbonyl (C=O) groups is 1. The van der Waals surface area contributed by atoms with Crippen LogP contribution in [0.5, 0.6) is 0 Å². The van der Waals surface area contributed by atoms with Crippen molar-refractivity contribution in [2.75, 3.05) is 0 Å². The number of benzene rings is 3. The molecule has 3 aromatic carbocycles. The number of unbranched alkanes of at least 4 members (excludes halogenated alkanes) is 2. The van der Waals surface area contributed by atoms with E-state index < -0.39 is 13.9 Å². The molecule has 3 aromatic rings. The summed E-state index contributed by atoms with van der Waals surface area (Å²) in [5, 5.41) is 12.9. The maximum Gasteiger partial charge on any atom is 0.303 e. The van der Waals surface area contributed by atoms with Crippen LogP contribution >= 0.6 is 24.9 Å². The lowest BCUT2D eigenvalue weighted by atomic mass is 10.1. The van der Waals surface area contributed by atoms with E-state index in [0.29, 0.717) is 0 Å². The third kappa shape index (κ3) is 6.29. The quantitative estimate of drug-likeness (QED) is 0.354. The van der Waals surface area contributed by atoms with Crippen LogP contribution in [-0.2, 0) is 11.2 Å². The van der Waals surface area contributed by atoms with Crippen LogP contribution < -0.4 is 15.9 Å². The first kappa shape index (κ1) is 22.3. The molecule has 0 heterocycles. The number of halogens is 1. The van der Waals surface area contributed by atoms with Crippen LogP contribution in [0.4, 0.5) is 0 Å². The first-order valence-electron chi connectivity index (χ1n) is 9.45. The van der Waals surface area contributed by atoms with Crippen molar-refractivity contribution in [3.05, 3.63) is 90.5 Å². The summed E-state index contributed by atoms with van der Waals surface area (Å²) in [6, 6.07) is 30.2. The van der Waals surface area contributed by atoms with Crippen molar-refractivity contribution >= 4 is 46.8 Å². The van der Waals surface area contributed by atoms with E-state index in [1.807, 2.05) is 0 Å². The lowest BCUT2D eigenvalue weighted by Gasteiger charge is -2.22. The molecule has 0 radical (unpaired) electrons. The number of aryl methyl sites for hydroxylation is 1. The smallest absolute Gasteiger partial charge is 0.303 e. The van der Waals surface area contributed by atoms with E-state index in [4.69, 9.17) is 5.11 Å². The molecule has 0 atom stereocenters. The Kier molecular flexibility index (Phi) is 9.40. The summed E-state index contributed by atoms with van der Waals surface area (Å²) >= 11 is 0. The molecule has 0 aliphatic carbocycles. The van der Waals surface area contributed by atoms with Gasteiger partial charge in [0.1, 0.15) is 0 Å². The fourth-order valence-electron chi connectivity index (χ4n) is 3.29. The molecule has 2 nitrogen and oxygen atoms in total. The highest BCUT2D eigenvalue weighted by atomic mass is 79.9. The molecule has 3 rings (SSSR count). The van der Waals surface area contributed by atoms with E-state index in [9.17, 15) is 4.79 Å². The van der Waals surface area contributed by atoms with Crippen molar-refractivity contribution in [3.8, 4) is 0 Å². The summed E-state index contributed by atoms with van der Waals surface area (Å²) in [6.45, 7) is 0. The Hall–Kier alpha value is -1.96. The van der Waals surface area contributed by atoms with E-state index in [1.54, 1.807) is 0 Å². The van der Waals surface area contributed by atoms with Gasteiger partial charge < -0.3 is 5.11 Å². The molecule has 146 valence electrons. The topological polar surface area (TPSA) is 37.3 Å². The summed E-state index contributed by atoms with van der Waals surface area (Å²) < 4.78 is 0. The van der Waals surface area contributed by atoms with E-state index in [-0.39, 0.29) is 23.4 Å². The van der Waals surface area contributed by atoms with E-state index in [1.165, 1.54) is 21.5 Å². The molecular weight excluding hydrogens is 431 g/mol. The summed E-state index contributed by atoms with van der Waals surface area (Å²) in [5.74, 6) is -0.702. The molecule has 0 aliphatic heterocycles. The Morgan fingerprint density at radius 2 is 1.25 bits per heavy atom. The van der Waals surface area contributed by atoms with Crippen molar-refractivity contribution in [2.24, 2.45) is 0 Å². The van der Waals surface area contributed by atoms with Gasteiger partial charge in [-0.1, -0.05) is 91.3 Å². The van der Waals surface area contributed by atoms with Crippen LogP contribution in [0.25, 0.3) is 0 Å². The lowest BCUT2D eigenvalue weighted by Crippen LogP contribution is -2.23. The molecule has 0 saturated carbocycles. The summed E-state index contributed by atoms with van der Waals surface area (Å²) in [4.78, 5) is 10.7. The molecule has 0 aliphatic rings. The number of aliphatic carboxylic acids is 1. The second-order valence-electron chi connectivity index (χ2n) is 6.59. The van der Waals surface area contributed by atoms with Crippen LogP contribution in [0.1, 0.15) is 31.2 Å². The SMILES string of the molecule is Br.O=C(O)CCCCCc1ccccc1P(c1ccccc1)c1ccccc1. The standard InChI is InChI=1S/C24H25O2P.BrH/c25-24(26)19-9-1-4-12-20-13-10-11-18-23(20)27(21-14-5-2-6-15-21)22-16-7-3-8-17-22;/h2-3,5-8,10-11,13-18H,1,4,9,12,19H2,(H,25,26);1H. The van der Waals surface area contributed by atoms with Gasteiger partial charge >= 0.3 is 5.97 Å². The largest absolute Gasteiger partial charge is 0.481 e. The maximum atomic E-state index is 10.7. The van der Waals surface area contributed by atoms with Crippen molar-refractivity contribution < 1.29 is 9.90 Å². The number of hydrogen-bond donors (Lipinski definition) is 1. The van der Waals surface area contributed by atoms with Crippen molar-refractivity contribution in [1.29, 1.82) is 0 Å². The Morgan fingerprint density at radius 3 is 1.82 bits per heavy atom. The van der Waals surface area contributed by atoms with Gasteiger partial charge in [0.05, 0.1) is 0 Å². The maximum absolute atomic E-state index is 10.7. The Bertz CT molecular complexity index is 813. The molecule has 0 spiro atoms. The van der Waals surface area contributed by atoms with Crippen LogP contribution in [0.2, 0.25) is 0 Å². The predicted octanol–water partition coefficient (Wildman–Crippen LogP) is 5.21. The fourth-order valence-corrected chi connectivity index (χ4v) is 5.79. The minimum atomic E-state index is -0.702. The summed E-state index contributed by atoms with van der Waals surface area (Å²) in [6.07, 6.45) is 3.99. The zero-order valence-corrected chi connectivity index (χ0v) is 18.4. The minimum Gasteiger partial charge on any atom is -0.481 e. The molecule has 0 bridgehead atoms. The number of carboxylic acids is 1. The lowest BCUT2D eigenvalue weighted by molar-refractivity contribution is -0.137. The van der Waals surface area contributed by atoms with E-state index in [0.717, 1.165) is 25.7 Å². The van der Waals surface area contributed by atoms with Gasteiger partial charge in [-0.15, -0.1) is 17.0 Å². The molecule has 0 unspecified atom stereocenters. The second-order valence-corrected chi connectivity index (χ2v) is 8.78. The van der Waals surface area contributed by atoms with Gasteiger partial charge in [0.25, 0.3) is 0 Å². The number of carboxylic acid groups (broad SMARTS) is 1. The van der Waals surface area contributed by atoms with Gasteiger partial charge in [-0.25, -0.2) is 0 Å². The Balaban J connectivity index is 0.00000280. The van der Waals surface area contributed by atoms with E-state index in [2.05, 4.69) is 84.9 Å². The highest BCUT2D eigenvalue weighted by Gasteiger charge is 2.18. The van der Waals surface area contributed by atoms with E-state index >= 15 is 0 Å². The molecule has 0 amide bonds. The third-order valence-corrected chi connectivity index (χ3v) is 7.15. The molecule has 1 N–H and O–H groups in total. The van der Waals surface area contributed by atoms with Gasteiger partial charge in [-0.05, 0) is 48.7 Å². The van der Waals surface area contributed by atoms with Crippen molar-refractivity contribution in [3.63, 3.8) is 0 Å². The molecule has 0 aromatic heterocycles. The van der Waals surface area contributed by atoms with Crippen molar-refractivity contribution in [2.45, 2.75) is 32.1 Å². The Labute approximate surface area is 179 Å². The van der Waals surface area contributed by atoms with Crippen LogP contribution in [-0.4, -0.2) is 11.1 Å². The minimum absolute atomic E-state index is 0. The predicted molar refractivity (Wildman–Crippen MR) is 125 cm³/mol. The van der Waals surface area contributed by atoms with Crippen LogP contribution in [0.15, 0.2) is 84.9 Å². The average molecular weight is 457 g/mol. The second kappa shape index (κ2) is 11.8. The van der Waals surface area contributed by atoms with Gasteiger partial charge in [0, 0.05) is 6.42 Å². The average Bonchev–Trinajstić information content (AvgIpc) is 2.70. The first-order chi connectivity index (χ1) is 13.3. The first-order valence-corrected chi connectivity index (χ1v) is 10.8. The van der Waals surface area contributed by atoms with Crippen LogP contribution in [0.3, 0.4) is 0 Å². The molecule has 0 fully saturated rings. The summed E-state index contributed by atoms with van der Waals surface area (Å²) in [5.41, 5.74) is 1.38. The zero-order chi connectivity index (χ0) is 18.9. The summed E-state index contributed by atoms with van der Waals surface area (Å²) in [7, 11) is -0.596. The molecule has 28 heavy (non-hydrogen) atoms. The van der Waals surface area contributed by atoms with Gasteiger partial charge in [0.15, 0.2) is 0 Å². The molecule has 4 heteroatoms. The Morgan fingerprint density at radius 1 is 0.714 bits per heavy atom. The van der Waals surface area contributed by atoms with Gasteiger partial charge in [-0.2, -0.15) is 0 Å². The van der Waals surface area contributed by atoms with Gasteiger partial charge in [0.2, 0.25) is 0 Å². The third-order valence-electron chi connectivity index (χ3n) is 4.60. The normalized spacial score (nSPS) is 10.5. The van der Waals surface area contributed by atoms with Crippen LogP contribution in [0, 0.1) is 0 Å². The number of hydrogen-bond acceptors (Lipinski definition) is 1. The number of rotatable bonds is 9. The zero-order valence-electron chi connectivity index (χ0n) is 15.8. The molecule has 0 saturated heterocycles. The van der Waals surface area contributed by atoms with Gasteiger partial charge in [-0.3, -0.25) is 4.79 Å². The highest BCUT2D eigenvalue weighted by Crippen LogP contribution is 2.34.